The molecule has 1 aromatic rings. The molecule has 0 aliphatic rings. The monoisotopic (exact) mass is 364 g/mol. The first-order valence-corrected chi connectivity index (χ1v) is 8.92. The molecule has 0 saturated heterocycles. The standard InChI is InChI=1S/C12H13O9PS/c1-2-3-4-6-5-7(11(13)14)10(23(19,20)21)8(12(15)16)9(6)22(17)18/h5H,2-4H2,1H3,(H,13,14)(H,15,16)(H,19,20,21). The van der Waals surface area contributed by atoms with Gasteiger partial charge in [-0.2, -0.15) is 8.42 Å². The molecule has 0 aliphatic carbocycles. The minimum Gasteiger partial charge on any atom is -0.591 e. The number of hydrogen-bond acceptors (Lipinski definition) is 6. The molecule has 3 N–H and O–H groups in total. The van der Waals surface area contributed by atoms with E-state index in [1.54, 1.807) is 6.92 Å². The van der Waals surface area contributed by atoms with Gasteiger partial charge in [-0.3, -0.25) is 4.55 Å². The van der Waals surface area contributed by atoms with E-state index in [9.17, 15) is 37.1 Å². The maximum absolute atomic E-state index is 11.4. The molecule has 0 radical (unpaired) electrons. The van der Waals surface area contributed by atoms with Crippen LogP contribution in [0.1, 0.15) is 46.0 Å². The second-order valence-corrected chi connectivity index (χ2v) is 6.90. The van der Waals surface area contributed by atoms with Crippen molar-refractivity contribution in [3.05, 3.63) is 22.8 Å². The van der Waals surface area contributed by atoms with Gasteiger partial charge in [-0.1, -0.05) is 17.9 Å². The van der Waals surface area contributed by atoms with Crippen LogP contribution in [0.5, 0.6) is 0 Å². The Morgan fingerprint density at radius 3 is 2.17 bits per heavy atom. The van der Waals surface area contributed by atoms with Crippen LogP contribution in [0.4, 0.5) is 0 Å². The second kappa shape index (κ2) is 7.14. The average molecular weight is 364 g/mol. The van der Waals surface area contributed by atoms with E-state index in [1.807, 2.05) is 0 Å². The van der Waals surface area contributed by atoms with Crippen LogP contribution >= 0.6 is 8.03 Å². The summed E-state index contributed by atoms with van der Waals surface area (Å²) in [6.45, 7) is 1.78. The van der Waals surface area contributed by atoms with Crippen molar-refractivity contribution in [2.45, 2.75) is 31.1 Å². The Kier molecular flexibility index (Phi) is 5.95. The molecule has 0 amide bonds. The molecular formula is C12H13O9PS. The fourth-order valence-corrected chi connectivity index (χ4v) is 3.85. The van der Waals surface area contributed by atoms with Crippen LogP contribution in [0.15, 0.2) is 11.0 Å². The Balaban J connectivity index is 4.04. The summed E-state index contributed by atoms with van der Waals surface area (Å²) in [7, 11) is -8.81. The number of carboxylic acids is 2. The quantitative estimate of drug-likeness (QED) is 0.458. The van der Waals surface area contributed by atoms with E-state index in [1.165, 1.54) is 0 Å². The predicted molar refractivity (Wildman–Crippen MR) is 76.0 cm³/mol. The van der Waals surface area contributed by atoms with Crippen LogP contribution in [0.3, 0.4) is 0 Å². The Bertz CT molecular complexity index is 782. The van der Waals surface area contributed by atoms with Gasteiger partial charge in [0.15, 0.2) is 0 Å². The molecule has 0 heterocycles. The smallest absolute Gasteiger partial charge is 0.350 e. The van der Waals surface area contributed by atoms with Crippen LogP contribution in [0, 0.1) is 0 Å². The van der Waals surface area contributed by atoms with Gasteiger partial charge in [0.2, 0.25) is 5.30 Å². The third-order valence-electron chi connectivity index (χ3n) is 3.02. The number of carboxylic acid groups (broad SMARTS) is 2. The molecule has 23 heavy (non-hydrogen) atoms. The summed E-state index contributed by atoms with van der Waals surface area (Å²) in [4.78, 5) is 32.6. The first kappa shape index (κ1) is 19.2. The molecule has 0 fully saturated rings. The van der Waals surface area contributed by atoms with Crippen LogP contribution in [0.2, 0.25) is 0 Å². The van der Waals surface area contributed by atoms with E-state index in [0.29, 0.717) is 12.8 Å². The highest BCUT2D eigenvalue weighted by molar-refractivity contribution is 7.86. The Hall–Kier alpha value is -1.87. The number of rotatable bonds is 7. The van der Waals surface area contributed by atoms with Crippen molar-refractivity contribution in [2.75, 3.05) is 0 Å². The second-order valence-electron chi connectivity index (χ2n) is 4.58. The SMILES string of the molecule is CCCCc1cc(C(=O)O)c(S(=O)(=O)O)c(C(=O)O)c1[P+](=O)[O-]. The largest absolute Gasteiger partial charge is 0.591 e. The predicted octanol–water partition coefficient (Wildman–Crippen LogP) is 0.400. The molecule has 11 heteroatoms. The summed E-state index contributed by atoms with van der Waals surface area (Å²) in [5.41, 5.74) is -2.36. The number of aromatic carboxylic acids is 2. The van der Waals surface area contributed by atoms with Crippen molar-refractivity contribution in [3.8, 4) is 0 Å². The van der Waals surface area contributed by atoms with Crippen molar-refractivity contribution in [3.63, 3.8) is 0 Å². The number of aryl methyl sites for hydroxylation is 1. The fourth-order valence-electron chi connectivity index (χ4n) is 2.10. The van der Waals surface area contributed by atoms with Crippen LogP contribution < -0.4 is 10.2 Å². The lowest BCUT2D eigenvalue weighted by molar-refractivity contribution is -0.160. The Morgan fingerprint density at radius 1 is 1.26 bits per heavy atom. The highest BCUT2D eigenvalue weighted by Crippen LogP contribution is 2.28. The zero-order valence-electron chi connectivity index (χ0n) is 11.8. The third kappa shape index (κ3) is 4.11. The molecule has 9 nitrogen and oxygen atoms in total. The molecule has 1 aromatic carbocycles. The van der Waals surface area contributed by atoms with Gasteiger partial charge in [0.05, 0.1) is 5.56 Å². The molecule has 0 saturated carbocycles. The van der Waals surface area contributed by atoms with E-state index >= 15 is 0 Å². The summed E-state index contributed by atoms with van der Waals surface area (Å²) in [5.74, 6) is -3.77. The zero-order valence-corrected chi connectivity index (χ0v) is 13.6. The summed E-state index contributed by atoms with van der Waals surface area (Å²) in [5, 5.41) is 17.5. The highest BCUT2D eigenvalue weighted by Gasteiger charge is 2.37. The lowest BCUT2D eigenvalue weighted by Gasteiger charge is -2.12. The van der Waals surface area contributed by atoms with Gasteiger partial charge in [0.25, 0.3) is 10.1 Å². The lowest BCUT2D eigenvalue weighted by Crippen LogP contribution is -2.27. The first-order chi connectivity index (χ1) is 10.5. The first-order valence-electron chi connectivity index (χ1n) is 6.30. The molecule has 0 aromatic heterocycles. The Morgan fingerprint density at radius 2 is 1.83 bits per heavy atom. The topological polar surface area (TPSA) is 169 Å². The van der Waals surface area contributed by atoms with Crippen LogP contribution in [-0.2, 0) is 21.1 Å². The van der Waals surface area contributed by atoms with Gasteiger partial charge < -0.3 is 15.1 Å². The number of unbranched alkanes of at least 4 members (excludes halogenated alkanes) is 1. The molecule has 0 spiro atoms. The van der Waals surface area contributed by atoms with Gasteiger partial charge in [0.1, 0.15) is 10.5 Å². The van der Waals surface area contributed by atoms with Crippen molar-refractivity contribution < 1.29 is 42.2 Å². The minimum absolute atomic E-state index is 0.0431. The van der Waals surface area contributed by atoms with Gasteiger partial charge in [0, 0.05) is 5.56 Å². The maximum atomic E-state index is 11.4. The van der Waals surface area contributed by atoms with Gasteiger partial charge in [-0.25, -0.2) is 9.59 Å². The van der Waals surface area contributed by atoms with Gasteiger partial charge in [-0.15, -0.1) is 0 Å². The van der Waals surface area contributed by atoms with Crippen molar-refractivity contribution in [1.29, 1.82) is 0 Å². The molecule has 0 bridgehead atoms. The normalized spacial score (nSPS) is 12.0. The molecule has 1 unspecified atom stereocenters. The molecule has 1 atom stereocenters. The molecule has 126 valence electrons. The van der Waals surface area contributed by atoms with E-state index in [0.717, 1.165) is 6.07 Å². The summed E-state index contributed by atoms with van der Waals surface area (Å²) in [6, 6.07) is 0.772. The maximum Gasteiger partial charge on any atom is 0.350 e. The van der Waals surface area contributed by atoms with E-state index in [-0.39, 0.29) is 12.0 Å². The van der Waals surface area contributed by atoms with Crippen molar-refractivity contribution >= 4 is 35.4 Å². The van der Waals surface area contributed by atoms with E-state index in [4.69, 9.17) is 5.11 Å². The minimum atomic E-state index is -5.28. The number of hydrogen-bond donors (Lipinski definition) is 3. The van der Waals surface area contributed by atoms with E-state index in [2.05, 4.69) is 0 Å². The molecule has 0 aliphatic heterocycles. The van der Waals surface area contributed by atoms with Gasteiger partial charge in [-0.05, 0) is 18.9 Å². The van der Waals surface area contributed by atoms with Crippen molar-refractivity contribution in [1.82, 2.24) is 0 Å². The highest BCUT2D eigenvalue weighted by atomic mass is 32.2. The lowest BCUT2D eigenvalue weighted by atomic mass is 10.0. The Labute approximate surface area is 132 Å². The summed E-state index contributed by atoms with van der Waals surface area (Å²) in [6.07, 6.45) is 1.08. The number of carbonyl (C=O) groups is 2. The fraction of sp³-hybridized carbons (Fsp3) is 0.333. The number of benzene rings is 1. The zero-order chi connectivity index (χ0) is 17.9. The van der Waals surface area contributed by atoms with E-state index < -0.39 is 51.4 Å². The molecule has 1 rings (SSSR count). The average Bonchev–Trinajstić information content (AvgIpc) is 2.41. The summed E-state index contributed by atoms with van der Waals surface area (Å²) < 4.78 is 43.4. The third-order valence-corrected chi connectivity index (χ3v) is 4.83. The molecular weight excluding hydrogens is 351 g/mol. The van der Waals surface area contributed by atoms with Gasteiger partial charge >= 0.3 is 20.0 Å². The van der Waals surface area contributed by atoms with Crippen LogP contribution in [-0.4, -0.2) is 35.1 Å². The summed E-state index contributed by atoms with van der Waals surface area (Å²) >= 11 is 0. The van der Waals surface area contributed by atoms with Crippen molar-refractivity contribution in [2.24, 2.45) is 0 Å². The van der Waals surface area contributed by atoms with Crippen LogP contribution in [0.25, 0.3) is 0 Å².